The highest BCUT2D eigenvalue weighted by atomic mass is 32.1. The van der Waals surface area contributed by atoms with Crippen molar-refractivity contribution in [1.82, 2.24) is 10.3 Å². The summed E-state index contributed by atoms with van der Waals surface area (Å²) in [6.45, 7) is 6.44. The molecule has 1 amide bonds. The van der Waals surface area contributed by atoms with E-state index in [0.29, 0.717) is 23.7 Å². The van der Waals surface area contributed by atoms with E-state index >= 15 is 0 Å². The van der Waals surface area contributed by atoms with E-state index in [9.17, 15) is 9.18 Å². The Balaban J connectivity index is 1.63. The second kappa shape index (κ2) is 9.51. The molecular weight excluding hydrogens is 369 g/mol. The fourth-order valence-corrected chi connectivity index (χ4v) is 3.13. The third-order valence-corrected chi connectivity index (χ3v) is 4.46. The van der Waals surface area contributed by atoms with Crippen molar-refractivity contribution in [3.63, 3.8) is 0 Å². The maximum atomic E-state index is 14.0. The standard InChI is InChI=1S/C19H24FN3O3S/c1-19(2,3)26-18(24)22-8-6-4-5-7-9-25-15-11-16-14(10-13(15)20)23-17(12-21)27-16/h10-11H,4-9H2,1-3H3,(H,22,24). The number of benzene rings is 1. The zero-order valence-electron chi connectivity index (χ0n) is 15.8. The molecule has 2 rings (SSSR count). The van der Waals surface area contributed by atoms with Gasteiger partial charge < -0.3 is 14.8 Å². The molecule has 0 atom stereocenters. The lowest BCUT2D eigenvalue weighted by Gasteiger charge is -2.19. The van der Waals surface area contributed by atoms with Crippen LogP contribution < -0.4 is 10.1 Å². The number of halogens is 1. The van der Waals surface area contributed by atoms with Crippen LogP contribution in [0.1, 0.15) is 51.5 Å². The minimum atomic E-state index is -0.491. The topological polar surface area (TPSA) is 84.2 Å². The van der Waals surface area contributed by atoms with E-state index in [0.717, 1.165) is 30.4 Å². The highest BCUT2D eigenvalue weighted by Crippen LogP contribution is 2.29. The van der Waals surface area contributed by atoms with Crippen LogP contribution in [0.2, 0.25) is 0 Å². The van der Waals surface area contributed by atoms with Gasteiger partial charge >= 0.3 is 6.09 Å². The molecule has 0 unspecified atom stereocenters. The number of aromatic nitrogens is 1. The van der Waals surface area contributed by atoms with Crippen LogP contribution in [0.15, 0.2) is 12.1 Å². The molecule has 0 saturated heterocycles. The molecule has 27 heavy (non-hydrogen) atoms. The van der Waals surface area contributed by atoms with Gasteiger partial charge in [-0.15, -0.1) is 11.3 Å². The number of ether oxygens (including phenoxy) is 2. The van der Waals surface area contributed by atoms with Crippen LogP contribution in [0.4, 0.5) is 9.18 Å². The summed E-state index contributed by atoms with van der Waals surface area (Å²) >= 11 is 1.21. The molecule has 1 aromatic heterocycles. The van der Waals surface area contributed by atoms with Crippen LogP contribution in [0.25, 0.3) is 10.2 Å². The van der Waals surface area contributed by atoms with E-state index in [-0.39, 0.29) is 5.75 Å². The Morgan fingerprint density at radius 3 is 2.74 bits per heavy atom. The van der Waals surface area contributed by atoms with Gasteiger partial charge in [0.25, 0.3) is 0 Å². The summed E-state index contributed by atoms with van der Waals surface area (Å²) in [5.41, 5.74) is -0.0198. The summed E-state index contributed by atoms with van der Waals surface area (Å²) in [4.78, 5) is 15.5. The molecule has 1 aromatic carbocycles. The molecule has 0 fully saturated rings. The fraction of sp³-hybridized carbons (Fsp3) is 0.526. The Kier molecular flexibility index (Phi) is 7.36. The van der Waals surface area contributed by atoms with Gasteiger partial charge in [0.15, 0.2) is 16.6 Å². The smallest absolute Gasteiger partial charge is 0.407 e. The monoisotopic (exact) mass is 393 g/mol. The lowest BCUT2D eigenvalue weighted by molar-refractivity contribution is 0.0527. The van der Waals surface area contributed by atoms with Crippen LogP contribution >= 0.6 is 11.3 Å². The number of fused-ring (bicyclic) bond motifs is 1. The normalized spacial score (nSPS) is 11.2. The van der Waals surface area contributed by atoms with E-state index in [1.165, 1.54) is 17.4 Å². The summed E-state index contributed by atoms with van der Waals surface area (Å²) in [6, 6.07) is 4.85. The van der Waals surface area contributed by atoms with Gasteiger partial charge in [0.05, 0.1) is 16.8 Å². The highest BCUT2D eigenvalue weighted by molar-refractivity contribution is 7.19. The van der Waals surface area contributed by atoms with Crippen LogP contribution in [-0.2, 0) is 4.74 Å². The number of hydrogen-bond acceptors (Lipinski definition) is 6. The molecular formula is C19H24FN3O3S. The number of nitrogens with zero attached hydrogens (tertiary/aromatic N) is 2. The molecule has 0 radical (unpaired) electrons. The van der Waals surface area contributed by atoms with Crippen LogP contribution in [-0.4, -0.2) is 29.8 Å². The molecule has 0 saturated carbocycles. The largest absolute Gasteiger partial charge is 0.490 e. The number of alkyl carbamates (subject to hydrolysis) is 1. The second-order valence-electron chi connectivity index (χ2n) is 7.07. The Labute approximate surface area is 162 Å². The molecule has 146 valence electrons. The van der Waals surface area contributed by atoms with Crippen molar-refractivity contribution in [2.45, 2.75) is 52.1 Å². The van der Waals surface area contributed by atoms with Gasteiger partial charge in [0, 0.05) is 18.7 Å². The van der Waals surface area contributed by atoms with Gasteiger partial charge in [-0.3, -0.25) is 0 Å². The zero-order valence-corrected chi connectivity index (χ0v) is 16.6. The molecule has 2 aromatic rings. The number of nitrogens with one attached hydrogen (secondary N) is 1. The summed E-state index contributed by atoms with van der Waals surface area (Å²) in [6.07, 6.45) is 3.08. The third-order valence-electron chi connectivity index (χ3n) is 3.53. The first-order chi connectivity index (χ1) is 12.8. The summed E-state index contributed by atoms with van der Waals surface area (Å²) in [5.74, 6) is -0.291. The molecule has 0 aliphatic carbocycles. The molecule has 0 aliphatic rings. The lowest BCUT2D eigenvalue weighted by atomic mass is 10.2. The zero-order chi connectivity index (χ0) is 19.9. The number of amides is 1. The van der Waals surface area contributed by atoms with E-state index in [4.69, 9.17) is 14.7 Å². The van der Waals surface area contributed by atoms with Crippen molar-refractivity contribution < 1.29 is 18.7 Å². The van der Waals surface area contributed by atoms with Crippen molar-refractivity contribution in [3.05, 3.63) is 23.0 Å². The maximum absolute atomic E-state index is 14.0. The van der Waals surface area contributed by atoms with E-state index in [2.05, 4.69) is 10.3 Å². The van der Waals surface area contributed by atoms with Gasteiger partial charge in [-0.2, -0.15) is 5.26 Å². The molecule has 8 heteroatoms. The number of hydrogen-bond donors (Lipinski definition) is 1. The van der Waals surface area contributed by atoms with Crippen molar-refractivity contribution in [1.29, 1.82) is 5.26 Å². The lowest BCUT2D eigenvalue weighted by Crippen LogP contribution is -2.32. The Hall–Kier alpha value is -2.40. The first kappa shape index (κ1) is 20.9. The third kappa shape index (κ3) is 7.02. The number of carbonyl (C=O) groups excluding carboxylic acids is 1. The first-order valence-corrected chi connectivity index (χ1v) is 9.70. The summed E-state index contributed by atoms with van der Waals surface area (Å²) < 4.78 is 25.4. The number of nitriles is 1. The fourth-order valence-electron chi connectivity index (χ4n) is 2.36. The van der Waals surface area contributed by atoms with Crippen LogP contribution in [0.5, 0.6) is 5.75 Å². The van der Waals surface area contributed by atoms with Crippen molar-refractivity contribution in [2.24, 2.45) is 0 Å². The van der Waals surface area contributed by atoms with Crippen molar-refractivity contribution >= 4 is 27.6 Å². The van der Waals surface area contributed by atoms with E-state index < -0.39 is 17.5 Å². The molecule has 1 N–H and O–H groups in total. The molecule has 0 bridgehead atoms. The Bertz CT molecular complexity index is 824. The van der Waals surface area contributed by atoms with Crippen molar-refractivity contribution in [2.75, 3.05) is 13.2 Å². The maximum Gasteiger partial charge on any atom is 0.407 e. The average molecular weight is 393 g/mol. The summed E-state index contributed by atoms with van der Waals surface area (Å²) in [7, 11) is 0. The van der Waals surface area contributed by atoms with Crippen LogP contribution in [0.3, 0.4) is 0 Å². The average Bonchev–Trinajstić information content (AvgIpc) is 2.97. The minimum Gasteiger partial charge on any atom is -0.490 e. The van der Waals surface area contributed by atoms with Crippen molar-refractivity contribution in [3.8, 4) is 11.8 Å². The number of unbranched alkanes of at least 4 members (excludes halogenated alkanes) is 3. The number of thiazole rings is 1. The predicted molar refractivity (Wildman–Crippen MR) is 102 cm³/mol. The molecule has 1 heterocycles. The number of carbonyl (C=O) groups is 1. The van der Waals surface area contributed by atoms with Gasteiger partial charge in [-0.25, -0.2) is 14.2 Å². The Morgan fingerprint density at radius 2 is 2.04 bits per heavy atom. The predicted octanol–water partition coefficient (Wildman–Crippen LogP) is 4.77. The second-order valence-corrected chi connectivity index (χ2v) is 8.10. The van der Waals surface area contributed by atoms with Gasteiger partial charge in [0.2, 0.25) is 0 Å². The quantitative estimate of drug-likeness (QED) is 0.653. The van der Waals surface area contributed by atoms with E-state index in [1.807, 2.05) is 26.8 Å². The summed E-state index contributed by atoms with van der Waals surface area (Å²) in [5, 5.41) is 11.9. The van der Waals surface area contributed by atoms with Gasteiger partial charge in [-0.1, -0.05) is 12.8 Å². The highest BCUT2D eigenvalue weighted by Gasteiger charge is 2.15. The van der Waals surface area contributed by atoms with Crippen LogP contribution in [0, 0.1) is 17.1 Å². The molecule has 6 nitrogen and oxygen atoms in total. The van der Waals surface area contributed by atoms with Gasteiger partial charge in [-0.05, 0) is 33.6 Å². The SMILES string of the molecule is CC(C)(C)OC(=O)NCCCCCCOc1cc2sc(C#N)nc2cc1F. The number of rotatable bonds is 8. The minimum absolute atomic E-state index is 0.183. The van der Waals surface area contributed by atoms with E-state index in [1.54, 1.807) is 6.07 Å². The van der Waals surface area contributed by atoms with Gasteiger partial charge in [0.1, 0.15) is 11.7 Å². The molecule has 0 aliphatic heterocycles. The molecule has 0 spiro atoms. The first-order valence-electron chi connectivity index (χ1n) is 8.88. The Morgan fingerprint density at radius 1 is 1.30 bits per heavy atom.